The van der Waals surface area contributed by atoms with E-state index in [1.165, 1.54) is 32.1 Å². The molecule has 1 spiro atoms. The van der Waals surface area contributed by atoms with Crippen LogP contribution in [0.1, 0.15) is 63.0 Å². The van der Waals surface area contributed by atoms with Crippen molar-refractivity contribution in [3.8, 4) is 0 Å². The predicted molar refractivity (Wildman–Crippen MR) is 174 cm³/mol. The van der Waals surface area contributed by atoms with E-state index in [0.717, 1.165) is 23.4 Å². The van der Waals surface area contributed by atoms with Crippen LogP contribution in [0.25, 0.3) is 11.1 Å². The van der Waals surface area contributed by atoms with E-state index in [1.807, 2.05) is 42.2 Å². The lowest BCUT2D eigenvalue weighted by atomic mass is 9.82. The zero-order valence-corrected chi connectivity index (χ0v) is 26.7. The Kier molecular flexibility index (Phi) is 9.34. The molecule has 0 unspecified atom stereocenters. The number of nitrogens with zero attached hydrogens (tertiary/aromatic N) is 3. The Morgan fingerprint density at radius 3 is 2.59 bits per heavy atom. The number of amides is 4. The minimum atomic E-state index is -0.830. The molecule has 0 radical (unpaired) electrons. The third kappa shape index (κ3) is 6.76. The molecule has 6 rings (SSSR count). The van der Waals surface area contributed by atoms with Crippen LogP contribution in [0.5, 0.6) is 0 Å². The van der Waals surface area contributed by atoms with Crippen LogP contribution in [0.15, 0.2) is 51.7 Å². The number of nitrogens with one attached hydrogen (secondary N) is 3. The number of benzene rings is 2. The van der Waals surface area contributed by atoms with Gasteiger partial charge in [0.1, 0.15) is 11.6 Å². The molecule has 1 aliphatic carbocycles. The molecular weight excluding hydrogens is 588 g/mol. The molecule has 12 heteroatoms. The van der Waals surface area contributed by atoms with Crippen LogP contribution in [0.2, 0.25) is 0 Å². The average Bonchev–Trinajstić information content (AvgIpc) is 3.44. The standard InChI is InChI=1S/C34H44N6O6/c1-3-39(20-19-38(2)24-9-5-4-6-10-24)30(41)28(21-23-13-14-27-29(22-23)45-32(43)37-27)35-31(42)40-17-15-34(16-18-40)25-11-7-8-12-26(25)36-33(44)46-34/h7-8,11-14,22,24,28H,3-6,9-10,15-21H2,1-2H3,(H,35,42)(H,36,44)(H,37,43)/t28-/m1/s1. The Labute approximate surface area is 268 Å². The zero-order chi connectivity index (χ0) is 32.3. The molecule has 12 nitrogen and oxygen atoms in total. The lowest BCUT2D eigenvalue weighted by molar-refractivity contribution is -0.133. The summed E-state index contributed by atoms with van der Waals surface area (Å²) in [6.07, 6.45) is 6.78. The Hall–Kier alpha value is -4.32. The van der Waals surface area contributed by atoms with Crippen molar-refractivity contribution >= 4 is 34.8 Å². The quantitative estimate of drug-likeness (QED) is 0.318. The summed E-state index contributed by atoms with van der Waals surface area (Å²) >= 11 is 0. The summed E-state index contributed by atoms with van der Waals surface area (Å²) in [6.45, 7) is 4.51. The summed E-state index contributed by atoms with van der Waals surface area (Å²) < 4.78 is 11.1. The van der Waals surface area contributed by atoms with Gasteiger partial charge >= 0.3 is 17.9 Å². The monoisotopic (exact) mass is 632 g/mol. The molecular formula is C34H44N6O6. The summed E-state index contributed by atoms with van der Waals surface area (Å²) in [4.78, 5) is 60.4. The van der Waals surface area contributed by atoms with Gasteiger partial charge < -0.3 is 29.2 Å². The fraction of sp³-hybridized carbons (Fsp3) is 0.529. The number of para-hydroxylation sites is 1. The summed E-state index contributed by atoms with van der Waals surface area (Å²) in [7, 11) is 2.13. The van der Waals surface area contributed by atoms with E-state index in [2.05, 4.69) is 27.6 Å². The lowest BCUT2D eigenvalue weighted by Crippen LogP contribution is -2.57. The molecule has 1 aromatic heterocycles. The minimum Gasteiger partial charge on any atom is -0.438 e. The number of likely N-dealkylation sites (tertiary alicyclic amines) is 1. The van der Waals surface area contributed by atoms with Crippen molar-refractivity contribution in [3.05, 3.63) is 64.1 Å². The second-order valence-corrected chi connectivity index (χ2v) is 12.8. The number of oxazole rings is 1. The van der Waals surface area contributed by atoms with Gasteiger partial charge in [-0.25, -0.2) is 14.4 Å². The molecule has 3 N–H and O–H groups in total. The number of carbonyl (C=O) groups is 3. The Morgan fingerprint density at radius 1 is 1.07 bits per heavy atom. The fourth-order valence-corrected chi connectivity index (χ4v) is 7.22. The third-order valence-corrected chi connectivity index (χ3v) is 9.94. The van der Waals surface area contributed by atoms with Crippen LogP contribution >= 0.6 is 0 Å². The van der Waals surface area contributed by atoms with Crippen LogP contribution in [0, 0.1) is 0 Å². The number of likely N-dealkylation sites (N-methyl/N-ethyl adjacent to an activating group) is 2. The Bertz CT molecular complexity index is 1620. The van der Waals surface area contributed by atoms with Crippen molar-refractivity contribution in [2.75, 3.05) is 45.1 Å². The highest BCUT2D eigenvalue weighted by Gasteiger charge is 2.45. The molecule has 3 aromatic rings. The predicted octanol–water partition coefficient (Wildman–Crippen LogP) is 4.41. The van der Waals surface area contributed by atoms with E-state index in [1.54, 1.807) is 17.0 Å². The SMILES string of the molecule is CCN(CCN(C)C1CCCCC1)C(=O)[C@@H](Cc1ccc2[nH]c(=O)oc2c1)NC(=O)N1CCC2(CC1)OC(=O)Nc1ccccc12. The van der Waals surface area contributed by atoms with E-state index in [0.29, 0.717) is 56.2 Å². The molecule has 1 atom stereocenters. The van der Waals surface area contributed by atoms with Gasteiger partial charge in [0.15, 0.2) is 5.58 Å². The zero-order valence-electron chi connectivity index (χ0n) is 26.7. The molecule has 3 aliphatic rings. The molecule has 1 saturated heterocycles. The minimum absolute atomic E-state index is 0.154. The normalized spacial score (nSPS) is 18.6. The molecule has 1 saturated carbocycles. The van der Waals surface area contributed by atoms with Crippen LogP contribution in [0.4, 0.5) is 15.3 Å². The molecule has 246 valence electrons. The number of hydrogen-bond donors (Lipinski definition) is 3. The van der Waals surface area contributed by atoms with Crippen molar-refractivity contribution in [3.63, 3.8) is 0 Å². The number of aromatic nitrogens is 1. The molecule has 2 aromatic carbocycles. The van der Waals surface area contributed by atoms with Gasteiger partial charge in [-0.15, -0.1) is 0 Å². The number of hydrogen-bond acceptors (Lipinski definition) is 7. The third-order valence-electron chi connectivity index (χ3n) is 9.94. The van der Waals surface area contributed by atoms with Crippen LogP contribution in [-0.2, 0) is 21.6 Å². The van der Waals surface area contributed by atoms with E-state index < -0.39 is 23.5 Å². The number of carbonyl (C=O) groups excluding carboxylic acids is 3. The topological polar surface area (TPSA) is 140 Å². The number of H-pyrrole nitrogens is 1. The number of aromatic amines is 1. The fourth-order valence-electron chi connectivity index (χ4n) is 7.22. The van der Waals surface area contributed by atoms with E-state index >= 15 is 0 Å². The van der Waals surface area contributed by atoms with Gasteiger partial charge in [-0.1, -0.05) is 43.5 Å². The van der Waals surface area contributed by atoms with Crippen LogP contribution in [-0.4, -0.2) is 89.6 Å². The second-order valence-electron chi connectivity index (χ2n) is 12.8. The first-order valence-corrected chi connectivity index (χ1v) is 16.5. The summed E-state index contributed by atoms with van der Waals surface area (Å²) in [5, 5.41) is 5.80. The number of anilines is 1. The molecule has 46 heavy (non-hydrogen) atoms. The van der Waals surface area contributed by atoms with Gasteiger partial charge in [-0.05, 0) is 50.6 Å². The first-order chi connectivity index (χ1) is 22.2. The molecule has 4 amide bonds. The summed E-state index contributed by atoms with van der Waals surface area (Å²) in [6, 6.07) is 12.3. The van der Waals surface area contributed by atoms with E-state index in [4.69, 9.17) is 9.15 Å². The second kappa shape index (κ2) is 13.6. The van der Waals surface area contributed by atoms with Crippen molar-refractivity contribution in [1.82, 2.24) is 25.0 Å². The number of ether oxygens (including phenoxy) is 1. The molecule has 3 heterocycles. The first-order valence-electron chi connectivity index (χ1n) is 16.5. The van der Waals surface area contributed by atoms with Gasteiger partial charge in [0, 0.05) is 63.6 Å². The van der Waals surface area contributed by atoms with E-state index in [9.17, 15) is 19.2 Å². The van der Waals surface area contributed by atoms with Gasteiger partial charge in [-0.3, -0.25) is 15.1 Å². The molecule has 0 bridgehead atoms. The smallest absolute Gasteiger partial charge is 0.417 e. The number of rotatable bonds is 9. The van der Waals surface area contributed by atoms with Gasteiger partial charge in [0.25, 0.3) is 0 Å². The summed E-state index contributed by atoms with van der Waals surface area (Å²) in [5.74, 6) is -0.699. The van der Waals surface area contributed by atoms with Gasteiger partial charge in [-0.2, -0.15) is 0 Å². The van der Waals surface area contributed by atoms with Gasteiger partial charge in [0.2, 0.25) is 5.91 Å². The first kappa shape index (κ1) is 31.7. The maximum absolute atomic E-state index is 14.1. The highest BCUT2D eigenvalue weighted by Crippen LogP contribution is 2.43. The van der Waals surface area contributed by atoms with Crippen molar-refractivity contribution in [2.45, 2.75) is 76.0 Å². The van der Waals surface area contributed by atoms with Gasteiger partial charge in [0.05, 0.1) is 11.2 Å². The van der Waals surface area contributed by atoms with E-state index in [-0.39, 0.29) is 18.4 Å². The van der Waals surface area contributed by atoms with Crippen molar-refractivity contribution in [1.29, 1.82) is 0 Å². The molecule has 2 aliphatic heterocycles. The number of piperidine rings is 1. The summed E-state index contributed by atoms with van der Waals surface area (Å²) in [5.41, 5.74) is 2.57. The largest absolute Gasteiger partial charge is 0.438 e. The highest BCUT2D eigenvalue weighted by atomic mass is 16.6. The average molecular weight is 633 g/mol. The maximum atomic E-state index is 14.1. The Morgan fingerprint density at radius 2 is 1.83 bits per heavy atom. The molecule has 2 fully saturated rings. The van der Waals surface area contributed by atoms with Crippen LogP contribution in [0.3, 0.4) is 0 Å². The van der Waals surface area contributed by atoms with Crippen LogP contribution < -0.4 is 16.4 Å². The Balaban J connectivity index is 1.16. The number of urea groups is 1. The highest BCUT2D eigenvalue weighted by molar-refractivity contribution is 5.89. The van der Waals surface area contributed by atoms with Crippen molar-refractivity contribution in [2.24, 2.45) is 0 Å². The maximum Gasteiger partial charge on any atom is 0.417 e. The van der Waals surface area contributed by atoms with Crippen molar-refractivity contribution < 1.29 is 23.5 Å². The number of fused-ring (bicyclic) bond motifs is 3. The lowest BCUT2D eigenvalue weighted by Gasteiger charge is -2.44.